The van der Waals surface area contributed by atoms with Crippen molar-refractivity contribution < 1.29 is 0 Å². The van der Waals surface area contributed by atoms with Crippen molar-refractivity contribution in [2.75, 3.05) is 20.1 Å². The molecular weight excluding hydrogens is 232 g/mol. The van der Waals surface area contributed by atoms with Gasteiger partial charge >= 0.3 is 0 Å². The van der Waals surface area contributed by atoms with Crippen LogP contribution < -0.4 is 5.32 Å². The van der Waals surface area contributed by atoms with E-state index in [4.69, 9.17) is 0 Å². The first-order valence-corrected chi connectivity index (χ1v) is 8.52. The van der Waals surface area contributed by atoms with Crippen LogP contribution in [-0.4, -0.2) is 37.1 Å². The predicted molar refractivity (Wildman–Crippen MR) is 83.4 cm³/mol. The topological polar surface area (TPSA) is 15.3 Å². The SMILES string of the molecule is CC(C)CNCC1CCC1N(C)C1CCCCC1C. The van der Waals surface area contributed by atoms with Gasteiger partial charge in [-0.3, -0.25) is 4.90 Å². The third-order valence-corrected chi connectivity index (χ3v) is 5.45. The fourth-order valence-corrected chi connectivity index (χ4v) is 4.03. The predicted octanol–water partition coefficient (Wildman–Crippen LogP) is 3.52. The van der Waals surface area contributed by atoms with Gasteiger partial charge in [0.15, 0.2) is 0 Å². The molecule has 2 fully saturated rings. The molecule has 1 N–H and O–H groups in total. The van der Waals surface area contributed by atoms with E-state index >= 15 is 0 Å². The van der Waals surface area contributed by atoms with Crippen LogP contribution in [0.4, 0.5) is 0 Å². The number of rotatable bonds is 6. The lowest BCUT2D eigenvalue weighted by Crippen LogP contribution is -2.54. The van der Waals surface area contributed by atoms with Gasteiger partial charge in [-0.25, -0.2) is 0 Å². The zero-order valence-corrected chi connectivity index (χ0v) is 13.5. The molecule has 112 valence electrons. The first kappa shape index (κ1) is 15.3. The molecule has 2 heteroatoms. The lowest BCUT2D eigenvalue weighted by molar-refractivity contribution is 0.0162. The van der Waals surface area contributed by atoms with Crippen LogP contribution in [0.5, 0.6) is 0 Å². The maximum atomic E-state index is 3.66. The second-order valence-corrected chi connectivity index (χ2v) is 7.45. The van der Waals surface area contributed by atoms with Crippen molar-refractivity contribution in [3.63, 3.8) is 0 Å². The van der Waals surface area contributed by atoms with E-state index in [1.165, 1.54) is 51.6 Å². The van der Waals surface area contributed by atoms with E-state index < -0.39 is 0 Å². The minimum Gasteiger partial charge on any atom is -0.316 e. The Labute approximate surface area is 120 Å². The van der Waals surface area contributed by atoms with Crippen LogP contribution in [0.1, 0.15) is 59.3 Å². The molecule has 19 heavy (non-hydrogen) atoms. The van der Waals surface area contributed by atoms with Crippen LogP contribution in [0, 0.1) is 17.8 Å². The van der Waals surface area contributed by atoms with E-state index in [-0.39, 0.29) is 0 Å². The van der Waals surface area contributed by atoms with Crippen molar-refractivity contribution in [1.82, 2.24) is 10.2 Å². The molecule has 0 aliphatic heterocycles. The van der Waals surface area contributed by atoms with Crippen molar-refractivity contribution in [2.45, 2.75) is 71.4 Å². The maximum Gasteiger partial charge on any atom is 0.0136 e. The van der Waals surface area contributed by atoms with Gasteiger partial charge in [0.05, 0.1) is 0 Å². The molecule has 0 aromatic heterocycles. The average Bonchev–Trinajstić information content (AvgIpc) is 2.33. The zero-order valence-electron chi connectivity index (χ0n) is 13.5. The van der Waals surface area contributed by atoms with Crippen molar-refractivity contribution in [1.29, 1.82) is 0 Å². The van der Waals surface area contributed by atoms with Crippen molar-refractivity contribution in [3.8, 4) is 0 Å². The Kier molecular flexibility index (Phi) is 5.70. The van der Waals surface area contributed by atoms with Crippen LogP contribution in [-0.2, 0) is 0 Å². The van der Waals surface area contributed by atoms with Gasteiger partial charge in [0, 0.05) is 12.1 Å². The average molecular weight is 266 g/mol. The molecule has 2 aliphatic rings. The Morgan fingerprint density at radius 2 is 1.79 bits per heavy atom. The fraction of sp³-hybridized carbons (Fsp3) is 1.00. The molecule has 2 aliphatic carbocycles. The molecular formula is C17H34N2. The lowest BCUT2D eigenvalue weighted by atomic mass is 9.75. The largest absolute Gasteiger partial charge is 0.316 e. The van der Waals surface area contributed by atoms with Gasteiger partial charge in [-0.15, -0.1) is 0 Å². The second kappa shape index (κ2) is 7.08. The van der Waals surface area contributed by atoms with Gasteiger partial charge in [-0.2, -0.15) is 0 Å². The van der Waals surface area contributed by atoms with Gasteiger partial charge in [0.25, 0.3) is 0 Å². The van der Waals surface area contributed by atoms with E-state index in [1.54, 1.807) is 0 Å². The third kappa shape index (κ3) is 3.95. The van der Waals surface area contributed by atoms with Crippen LogP contribution in [0.25, 0.3) is 0 Å². The normalized spacial score (nSPS) is 35.7. The summed E-state index contributed by atoms with van der Waals surface area (Å²) in [5.41, 5.74) is 0. The summed E-state index contributed by atoms with van der Waals surface area (Å²) in [4.78, 5) is 2.75. The summed E-state index contributed by atoms with van der Waals surface area (Å²) in [6.07, 6.45) is 8.63. The van der Waals surface area contributed by atoms with Gasteiger partial charge in [0.1, 0.15) is 0 Å². The third-order valence-electron chi connectivity index (χ3n) is 5.45. The first-order chi connectivity index (χ1) is 9.09. The summed E-state index contributed by atoms with van der Waals surface area (Å²) in [5, 5.41) is 3.66. The highest BCUT2D eigenvalue weighted by Gasteiger charge is 2.38. The molecule has 0 aromatic rings. The summed E-state index contributed by atoms with van der Waals surface area (Å²) >= 11 is 0. The van der Waals surface area contributed by atoms with Crippen molar-refractivity contribution >= 4 is 0 Å². The smallest absolute Gasteiger partial charge is 0.0136 e. The standard InChI is InChI=1S/C17H34N2/c1-13(2)11-18-12-15-9-10-17(15)19(4)16-8-6-5-7-14(16)3/h13-18H,5-12H2,1-4H3. The van der Waals surface area contributed by atoms with Crippen LogP contribution >= 0.6 is 0 Å². The van der Waals surface area contributed by atoms with Gasteiger partial charge in [-0.1, -0.05) is 33.6 Å². The van der Waals surface area contributed by atoms with Crippen LogP contribution in [0.2, 0.25) is 0 Å². The molecule has 0 spiro atoms. The van der Waals surface area contributed by atoms with Gasteiger partial charge in [0.2, 0.25) is 0 Å². The van der Waals surface area contributed by atoms with E-state index in [2.05, 4.69) is 38.0 Å². The number of nitrogens with one attached hydrogen (secondary N) is 1. The highest BCUT2D eigenvalue weighted by molar-refractivity contribution is 4.93. The zero-order chi connectivity index (χ0) is 13.8. The second-order valence-electron chi connectivity index (χ2n) is 7.45. The van der Waals surface area contributed by atoms with Crippen LogP contribution in [0.3, 0.4) is 0 Å². The molecule has 4 unspecified atom stereocenters. The Bertz CT molecular complexity index is 264. The Morgan fingerprint density at radius 3 is 2.37 bits per heavy atom. The number of nitrogens with zero attached hydrogens (tertiary/aromatic N) is 1. The number of hydrogen-bond donors (Lipinski definition) is 1. The Balaban J connectivity index is 1.77. The molecule has 4 atom stereocenters. The molecule has 0 aromatic carbocycles. The van der Waals surface area contributed by atoms with E-state index in [1.807, 2.05) is 0 Å². The maximum absolute atomic E-state index is 3.66. The van der Waals surface area contributed by atoms with E-state index in [9.17, 15) is 0 Å². The lowest BCUT2D eigenvalue weighted by Gasteiger charge is -2.49. The molecule has 0 saturated heterocycles. The summed E-state index contributed by atoms with van der Waals surface area (Å²) in [6.45, 7) is 9.45. The van der Waals surface area contributed by atoms with Gasteiger partial charge in [-0.05, 0) is 63.6 Å². The highest BCUT2D eigenvalue weighted by atomic mass is 15.2. The quantitative estimate of drug-likeness (QED) is 0.791. The Hall–Kier alpha value is -0.0800. The molecule has 0 radical (unpaired) electrons. The van der Waals surface area contributed by atoms with E-state index in [0.29, 0.717) is 0 Å². The first-order valence-electron chi connectivity index (χ1n) is 8.52. The van der Waals surface area contributed by atoms with Crippen molar-refractivity contribution in [2.24, 2.45) is 17.8 Å². The minimum atomic E-state index is 0.773. The van der Waals surface area contributed by atoms with Crippen molar-refractivity contribution in [3.05, 3.63) is 0 Å². The minimum absolute atomic E-state index is 0.773. The van der Waals surface area contributed by atoms with E-state index in [0.717, 1.165) is 29.8 Å². The molecule has 0 bridgehead atoms. The summed E-state index contributed by atoms with van der Waals surface area (Å²) in [7, 11) is 2.39. The summed E-state index contributed by atoms with van der Waals surface area (Å²) in [6, 6.07) is 1.71. The molecule has 0 amide bonds. The molecule has 0 heterocycles. The molecule has 2 nitrogen and oxygen atoms in total. The molecule has 2 rings (SSSR count). The fourth-order valence-electron chi connectivity index (χ4n) is 4.03. The summed E-state index contributed by atoms with van der Waals surface area (Å²) in [5.74, 6) is 2.58. The Morgan fingerprint density at radius 1 is 1.05 bits per heavy atom. The van der Waals surface area contributed by atoms with Gasteiger partial charge < -0.3 is 5.32 Å². The van der Waals surface area contributed by atoms with Crippen LogP contribution in [0.15, 0.2) is 0 Å². The highest BCUT2D eigenvalue weighted by Crippen LogP contribution is 2.36. The number of hydrogen-bond acceptors (Lipinski definition) is 2. The summed E-state index contributed by atoms with van der Waals surface area (Å²) < 4.78 is 0. The monoisotopic (exact) mass is 266 g/mol. The molecule has 2 saturated carbocycles.